The van der Waals surface area contributed by atoms with Crippen LogP contribution in [-0.2, 0) is 0 Å². The molecule has 0 unspecified atom stereocenters. The summed E-state index contributed by atoms with van der Waals surface area (Å²) in [5, 5.41) is 4.19. The van der Waals surface area contributed by atoms with Gasteiger partial charge >= 0.3 is 0 Å². The van der Waals surface area contributed by atoms with Gasteiger partial charge in [0, 0.05) is 57.9 Å². The summed E-state index contributed by atoms with van der Waals surface area (Å²) in [5.41, 5.74) is 10.2. The second kappa shape index (κ2) is 19.7. The Balaban J connectivity index is 1.27. The lowest BCUT2D eigenvalue weighted by atomic mass is 9.58. The first-order valence-electron chi connectivity index (χ1n) is 25.7. The maximum absolute atomic E-state index is 7.34. The first-order chi connectivity index (χ1) is 38.4. The van der Waals surface area contributed by atoms with Crippen LogP contribution in [0.3, 0.4) is 0 Å². The molecule has 0 saturated heterocycles. The van der Waals surface area contributed by atoms with Crippen molar-refractivity contribution < 1.29 is 0 Å². The summed E-state index contributed by atoms with van der Waals surface area (Å²) >= 11 is 0. The largest absolute Gasteiger partial charge is 0.309 e. The zero-order valence-corrected chi connectivity index (χ0v) is 43.7. The summed E-state index contributed by atoms with van der Waals surface area (Å²) in [4.78, 5) is 3.96. The molecule has 0 fully saturated rings. The minimum absolute atomic E-state index is 0.0740. The molecule has 13 aromatic rings. The average Bonchev–Trinajstić information content (AvgIpc) is 4.18. The summed E-state index contributed by atoms with van der Waals surface area (Å²) in [7, 11) is 67.9. The number of benzene rings is 11. The van der Waals surface area contributed by atoms with Crippen LogP contribution in [0.5, 0.6) is 0 Å². The highest BCUT2D eigenvalue weighted by Gasteiger charge is 2.36. The fraction of sp³-hybridized carbons (Fsp3) is 0. The van der Waals surface area contributed by atoms with Gasteiger partial charge in [0.1, 0.15) is 78.5 Å². The minimum atomic E-state index is -2.50. The highest BCUT2D eigenvalue weighted by molar-refractivity contribution is 8.34. The van der Waals surface area contributed by atoms with Gasteiger partial charge in [-0.25, -0.2) is 0 Å². The van der Waals surface area contributed by atoms with E-state index in [1.807, 2.05) is 36.4 Å². The number of aromatic nitrogens is 2. The molecule has 0 bridgehead atoms. The van der Waals surface area contributed by atoms with E-state index in [2.05, 4.69) is 191 Å². The van der Waals surface area contributed by atoms with Crippen molar-refractivity contribution in [2.45, 2.75) is 19.6 Å². The first kappa shape index (κ1) is 50.5. The third kappa shape index (κ3) is 7.78. The Morgan fingerprint density at radius 3 is 1.05 bits per heavy atom. The van der Waals surface area contributed by atoms with Crippen LogP contribution in [-0.4, -0.2) is 87.6 Å². The van der Waals surface area contributed by atoms with Crippen molar-refractivity contribution in [3.05, 3.63) is 218 Å². The number of fused-ring (bicyclic) bond motifs is 6. The van der Waals surface area contributed by atoms with Crippen LogP contribution in [0.4, 0.5) is 0 Å². The molecule has 346 valence electrons. The molecular formula is C66H36B10N2S. The molecule has 0 N–H and O–H groups in total. The molecule has 0 aliphatic heterocycles. The lowest BCUT2D eigenvalue weighted by Gasteiger charge is -2.43. The van der Waals surface area contributed by atoms with E-state index in [1.165, 1.54) is 0 Å². The van der Waals surface area contributed by atoms with E-state index in [9.17, 15) is 0 Å². The number of hydrogen-bond donors (Lipinski definition) is 0. The van der Waals surface area contributed by atoms with E-state index < -0.39 is 10.0 Å². The van der Waals surface area contributed by atoms with Gasteiger partial charge in [0.15, 0.2) is 0 Å². The Bertz CT molecular complexity index is 4300. The summed E-state index contributed by atoms with van der Waals surface area (Å²) in [6.45, 7) is 0. The molecule has 0 aliphatic carbocycles. The fourth-order valence-electron chi connectivity index (χ4n) is 11.8. The summed E-state index contributed by atoms with van der Waals surface area (Å²) in [6, 6.07) is 76.1. The highest BCUT2D eigenvalue weighted by atomic mass is 32.3. The van der Waals surface area contributed by atoms with Gasteiger partial charge in [0.25, 0.3) is 0 Å². The zero-order valence-electron chi connectivity index (χ0n) is 42.9. The topological polar surface area (TPSA) is 9.86 Å². The summed E-state index contributed by atoms with van der Waals surface area (Å²) in [5.74, 6) is 0. The normalized spacial score (nSPS) is 12.0. The lowest BCUT2D eigenvalue weighted by molar-refractivity contribution is 1.16. The van der Waals surface area contributed by atoms with Crippen LogP contribution in [0.15, 0.2) is 238 Å². The SMILES string of the molecule is [B]c1c([B])c([B])c(-c2cc(S(c3ccccc3)(c3ccccc3)c3ccccc3)cc(-c3c([B])c([B])c([B])c([B])c3[B])c2-n2c3ccc(-c4ccccc4)cc3c3cc(-n4c5ccccc5c5ccccc54)ccc32)c([B])c1[B]. The average molecular weight is 997 g/mol. The van der Waals surface area contributed by atoms with Crippen molar-refractivity contribution in [2.24, 2.45) is 0 Å². The van der Waals surface area contributed by atoms with Crippen LogP contribution < -0.4 is 54.6 Å². The van der Waals surface area contributed by atoms with E-state index >= 15 is 0 Å². The lowest BCUT2D eigenvalue weighted by Crippen LogP contribution is -2.55. The van der Waals surface area contributed by atoms with Gasteiger partial charge in [-0.1, -0.05) is 149 Å². The van der Waals surface area contributed by atoms with Crippen molar-refractivity contribution in [3.8, 4) is 44.8 Å². The summed E-state index contributed by atoms with van der Waals surface area (Å²) < 4.78 is 4.54. The minimum Gasteiger partial charge on any atom is -0.309 e. The third-order valence-electron chi connectivity index (χ3n) is 15.6. The van der Waals surface area contributed by atoms with E-state index in [0.29, 0.717) is 27.9 Å². The van der Waals surface area contributed by atoms with Crippen molar-refractivity contribution in [1.82, 2.24) is 9.13 Å². The number of hydrogen-bond acceptors (Lipinski definition) is 0. The van der Waals surface area contributed by atoms with Crippen molar-refractivity contribution >= 4 is 187 Å². The van der Waals surface area contributed by atoms with Crippen LogP contribution in [0.25, 0.3) is 88.4 Å². The zero-order chi connectivity index (χ0) is 54.4. The van der Waals surface area contributed by atoms with Gasteiger partial charge in [-0.2, -0.15) is 0 Å². The van der Waals surface area contributed by atoms with E-state index in [-0.39, 0.29) is 54.6 Å². The predicted octanol–water partition coefficient (Wildman–Crippen LogP) is 6.16. The molecule has 0 saturated carbocycles. The quantitative estimate of drug-likeness (QED) is 0.154. The molecule has 2 aromatic heterocycles. The fourth-order valence-corrected chi connectivity index (χ4v) is 15.7. The van der Waals surface area contributed by atoms with E-state index in [1.54, 1.807) is 0 Å². The Hall–Kier alpha value is -7.98. The number of nitrogens with zero attached hydrogens (tertiary/aromatic N) is 2. The van der Waals surface area contributed by atoms with Crippen LogP contribution >= 0.6 is 10.0 Å². The Morgan fingerprint density at radius 2 is 0.608 bits per heavy atom. The van der Waals surface area contributed by atoms with Crippen molar-refractivity contribution in [1.29, 1.82) is 0 Å². The maximum Gasteiger partial charge on any atom is 0.113 e. The van der Waals surface area contributed by atoms with Crippen LogP contribution in [0, 0.1) is 0 Å². The Kier molecular flexibility index (Phi) is 12.6. The van der Waals surface area contributed by atoms with Gasteiger partial charge in [-0.3, -0.25) is 0 Å². The molecule has 13 heteroatoms. The van der Waals surface area contributed by atoms with E-state index in [4.69, 9.17) is 78.5 Å². The highest BCUT2D eigenvalue weighted by Crippen LogP contribution is 2.74. The predicted molar refractivity (Wildman–Crippen MR) is 345 cm³/mol. The van der Waals surface area contributed by atoms with Gasteiger partial charge < -0.3 is 9.13 Å². The van der Waals surface area contributed by atoms with Crippen LogP contribution in [0.2, 0.25) is 0 Å². The van der Waals surface area contributed by atoms with E-state index in [0.717, 1.165) is 80.0 Å². The Labute approximate surface area is 475 Å². The monoisotopic (exact) mass is 998 g/mol. The van der Waals surface area contributed by atoms with Crippen molar-refractivity contribution in [2.75, 3.05) is 0 Å². The van der Waals surface area contributed by atoms with Crippen molar-refractivity contribution in [3.63, 3.8) is 0 Å². The second-order valence-corrected chi connectivity index (χ2v) is 22.9. The number of rotatable bonds is 9. The molecule has 0 atom stereocenters. The maximum atomic E-state index is 7.34. The molecule has 20 radical (unpaired) electrons. The van der Waals surface area contributed by atoms with Crippen LogP contribution in [0.1, 0.15) is 0 Å². The van der Waals surface area contributed by atoms with Gasteiger partial charge in [-0.15, -0.1) is 42.8 Å². The van der Waals surface area contributed by atoms with Gasteiger partial charge in [0.2, 0.25) is 0 Å². The molecule has 13 rings (SSSR count). The summed E-state index contributed by atoms with van der Waals surface area (Å²) in [6.07, 6.45) is 0. The molecule has 79 heavy (non-hydrogen) atoms. The molecular weight excluding hydrogens is 961 g/mol. The standard InChI is InChI=1S/C66H36B10N2S/c67-56-54(57(68)61(72)64(75)60(56)71)48-35-43(79(40-19-7-2-8-20-40,41-21-9-3-10-22-41)42-23-11-4-12-24-42)36-49(55-58(69)62(73)65(76)63(74)59(55)70)66(48)78-52-31-29-38(37-17-5-1-6-18-37)33-46(52)47-34-39(30-32-53(47)78)77-50-27-15-13-25-44(50)45-26-14-16-28-51(45)77/h1-36H. The Morgan fingerprint density at radius 1 is 0.253 bits per heavy atom. The van der Waals surface area contributed by atoms with Gasteiger partial charge in [0.05, 0.1) is 27.8 Å². The second-order valence-electron chi connectivity index (χ2n) is 19.8. The number of para-hydroxylation sites is 2. The molecule has 11 aromatic carbocycles. The first-order valence-corrected chi connectivity index (χ1v) is 27.4. The third-order valence-corrected chi connectivity index (χ3v) is 19.5. The molecule has 2 heterocycles. The molecule has 2 nitrogen and oxygen atoms in total. The molecule has 0 aliphatic rings. The molecule has 0 spiro atoms. The molecule has 0 amide bonds. The smallest absolute Gasteiger partial charge is 0.113 e. The van der Waals surface area contributed by atoms with Gasteiger partial charge in [-0.05, 0) is 113 Å².